The summed E-state index contributed by atoms with van der Waals surface area (Å²) in [6.07, 6.45) is 1.03. The molecule has 0 atom stereocenters. The molecule has 0 bridgehead atoms. The van der Waals surface area contributed by atoms with E-state index in [1.54, 1.807) is 0 Å². The van der Waals surface area contributed by atoms with Crippen LogP contribution in [-0.2, 0) is 5.41 Å². The van der Waals surface area contributed by atoms with Crippen LogP contribution in [0.3, 0.4) is 0 Å². The minimum atomic E-state index is 0.00902. The zero-order valence-corrected chi connectivity index (χ0v) is 12.6. The molecule has 106 valence electrons. The molecule has 4 heteroatoms. The van der Waals surface area contributed by atoms with Gasteiger partial charge in [0, 0.05) is 11.1 Å². The standard InChI is InChI=1S/C15H22ClNO2/c1-4-17-6-5-15(2,3)11-9-13-14(10-12(11)16)19-8-7-18-13/h9-10,17H,4-8H2,1-3H3. The largest absolute Gasteiger partial charge is 0.486 e. The summed E-state index contributed by atoms with van der Waals surface area (Å²) < 4.78 is 11.2. The Kier molecular flexibility index (Phi) is 4.58. The van der Waals surface area contributed by atoms with Gasteiger partial charge in [0.05, 0.1) is 0 Å². The lowest BCUT2D eigenvalue weighted by Crippen LogP contribution is -2.26. The van der Waals surface area contributed by atoms with E-state index in [1.165, 1.54) is 0 Å². The number of hydrogen-bond donors (Lipinski definition) is 1. The zero-order chi connectivity index (χ0) is 13.9. The molecule has 2 rings (SSSR count). The highest BCUT2D eigenvalue weighted by atomic mass is 35.5. The molecule has 1 aromatic rings. The summed E-state index contributed by atoms with van der Waals surface area (Å²) >= 11 is 6.40. The molecule has 1 aromatic carbocycles. The van der Waals surface area contributed by atoms with Crippen molar-refractivity contribution in [1.29, 1.82) is 0 Å². The van der Waals surface area contributed by atoms with Gasteiger partial charge in [-0.3, -0.25) is 0 Å². The Morgan fingerprint density at radius 3 is 2.47 bits per heavy atom. The number of nitrogens with one attached hydrogen (secondary N) is 1. The number of ether oxygens (including phenoxy) is 2. The van der Waals surface area contributed by atoms with Crippen LogP contribution in [0.1, 0.15) is 32.8 Å². The summed E-state index contributed by atoms with van der Waals surface area (Å²) in [6, 6.07) is 3.91. The summed E-state index contributed by atoms with van der Waals surface area (Å²) in [4.78, 5) is 0. The van der Waals surface area contributed by atoms with Crippen molar-refractivity contribution in [3.8, 4) is 11.5 Å². The average molecular weight is 284 g/mol. The second kappa shape index (κ2) is 6.02. The summed E-state index contributed by atoms with van der Waals surface area (Å²) in [6.45, 7) is 9.70. The second-order valence-corrected chi connectivity index (χ2v) is 5.87. The van der Waals surface area contributed by atoms with Crippen molar-refractivity contribution in [1.82, 2.24) is 5.32 Å². The molecule has 0 aromatic heterocycles. The number of halogens is 1. The Morgan fingerprint density at radius 2 is 1.84 bits per heavy atom. The molecule has 1 aliphatic heterocycles. The summed E-state index contributed by atoms with van der Waals surface area (Å²) in [5.74, 6) is 1.56. The molecule has 0 aliphatic carbocycles. The normalized spacial score (nSPS) is 14.5. The van der Waals surface area contributed by atoms with Gasteiger partial charge >= 0.3 is 0 Å². The molecule has 0 amide bonds. The molecule has 0 saturated heterocycles. The van der Waals surface area contributed by atoms with Crippen LogP contribution in [-0.4, -0.2) is 26.3 Å². The maximum absolute atomic E-state index is 6.40. The highest BCUT2D eigenvalue weighted by Gasteiger charge is 2.26. The first-order chi connectivity index (χ1) is 9.04. The van der Waals surface area contributed by atoms with Crippen LogP contribution in [0.4, 0.5) is 0 Å². The van der Waals surface area contributed by atoms with Crippen LogP contribution < -0.4 is 14.8 Å². The van der Waals surface area contributed by atoms with Crippen molar-refractivity contribution in [2.24, 2.45) is 0 Å². The van der Waals surface area contributed by atoms with Crippen LogP contribution in [0.2, 0.25) is 5.02 Å². The van der Waals surface area contributed by atoms with Crippen molar-refractivity contribution >= 4 is 11.6 Å². The van der Waals surface area contributed by atoms with E-state index in [0.29, 0.717) is 13.2 Å². The molecule has 1 aliphatic rings. The summed E-state index contributed by atoms with van der Waals surface area (Å²) in [5.41, 5.74) is 1.13. The number of hydrogen-bond acceptors (Lipinski definition) is 3. The predicted molar refractivity (Wildman–Crippen MR) is 78.6 cm³/mol. The lowest BCUT2D eigenvalue weighted by Gasteiger charge is -2.29. The van der Waals surface area contributed by atoms with Gasteiger partial charge in [-0.25, -0.2) is 0 Å². The van der Waals surface area contributed by atoms with Crippen LogP contribution in [0.15, 0.2) is 12.1 Å². The minimum Gasteiger partial charge on any atom is -0.486 e. The van der Waals surface area contributed by atoms with E-state index < -0.39 is 0 Å². The van der Waals surface area contributed by atoms with Gasteiger partial charge in [-0.2, -0.15) is 0 Å². The first-order valence-electron chi connectivity index (χ1n) is 6.85. The molecule has 3 nitrogen and oxygen atoms in total. The monoisotopic (exact) mass is 283 g/mol. The Bertz CT molecular complexity index is 446. The van der Waals surface area contributed by atoms with Gasteiger partial charge in [0.1, 0.15) is 13.2 Å². The van der Waals surface area contributed by atoms with Crippen molar-refractivity contribution in [3.05, 3.63) is 22.7 Å². The van der Waals surface area contributed by atoms with E-state index in [9.17, 15) is 0 Å². The smallest absolute Gasteiger partial charge is 0.162 e. The molecule has 0 saturated carbocycles. The Labute approximate surface area is 120 Å². The lowest BCUT2D eigenvalue weighted by molar-refractivity contribution is 0.171. The highest BCUT2D eigenvalue weighted by Crippen LogP contribution is 2.41. The maximum Gasteiger partial charge on any atom is 0.162 e. The third-order valence-electron chi connectivity index (χ3n) is 3.54. The third-order valence-corrected chi connectivity index (χ3v) is 3.85. The Balaban J connectivity index is 2.23. The van der Waals surface area contributed by atoms with E-state index >= 15 is 0 Å². The minimum absolute atomic E-state index is 0.00902. The molecule has 0 spiro atoms. The summed E-state index contributed by atoms with van der Waals surface area (Å²) in [5, 5.41) is 4.11. The van der Waals surface area contributed by atoms with E-state index in [-0.39, 0.29) is 5.41 Å². The molecule has 1 N–H and O–H groups in total. The van der Waals surface area contributed by atoms with Crippen LogP contribution in [0.25, 0.3) is 0 Å². The van der Waals surface area contributed by atoms with Gasteiger partial charge < -0.3 is 14.8 Å². The van der Waals surface area contributed by atoms with Crippen LogP contribution >= 0.6 is 11.6 Å². The van der Waals surface area contributed by atoms with Crippen molar-refractivity contribution < 1.29 is 9.47 Å². The molecule has 0 unspecified atom stereocenters. The lowest BCUT2D eigenvalue weighted by atomic mass is 9.81. The van der Waals surface area contributed by atoms with E-state index in [2.05, 4.69) is 26.1 Å². The van der Waals surface area contributed by atoms with Crippen LogP contribution in [0.5, 0.6) is 11.5 Å². The molecule has 1 heterocycles. The molecular weight excluding hydrogens is 262 g/mol. The van der Waals surface area contributed by atoms with Gasteiger partial charge in [0.2, 0.25) is 0 Å². The van der Waals surface area contributed by atoms with E-state index in [0.717, 1.165) is 41.6 Å². The SMILES string of the molecule is CCNCCC(C)(C)c1cc2c(cc1Cl)OCCO2. The van der Waals surface area contributed by atoms with Gasteiger partial charge in [0.15, 0.2) is 11.5 Å². The first kappa shape index (κ1) is 14.5. The van der Waals surface area contributed by atoms with E-state index in [4.69, 9.17) is 21.1 Å². The molecule has 0 radical (unpaired) electrons. The zero-order valence-electron chi connectivity index (χ0n) is 11.9. The Morgan fingerprint density at radius 1 is 1.21 bits per heavy atom. The van der Waals surface area contributed by atoms with Crippen molar-refractivity contribution in [2.45, 2.75) is 32.6 Å². The van der Waals surface area contributed by atoms with E-state index in [1.807, 2.05) is 12.1 Å². The maximum atomic E-state index is 6.40. The fourth-order valence-corrected chi connectivity index (χ4v) is 2.70. The van der Waals surface area contributed by atoms with Gasteiger partial charge in [-0.15, -0.1) is 0 Å². The first-order valence-corrected chi connectivity index (χ1v) is 7.23. The number of fused-ring (bicyclic) bond motifs is 1. The van der Waals surface area contributed by atoms with Gasteiger partial charge in [-0.1, -0.05) is 32.4 Å². The summed E-state index contributed by atoms with van der Waals surface area (Å²) in [7, 11) is 0. The van der Waals surface area contributed by atoms with Crippen LogP contribution in [0, 0.1) is 0 Å². The fraction of sp³-hybridized carbons (Fsp3) is 0.600. The average Bonchev–Trinajstić information content (AvgIpc) is 2.38. The fourth-order valence-electron chi connectivity index (χ4n) is 2.29. The van der Waals surface area contributed by atoms with Crippen molar-refractivity contribution in [3.63, 3.8) is 0 Å². The van der Waals surface area contributed by atoms with Gasteiger partial charge in [-0.05, 0) is 36.6 Å². The molecule has 0 fully saturated rings. The van der Waals surface area contributed by atoms with Gasteiger partial charge in [0.25, 0.3) is 0 Å². The third kappa shape index (κ3) is 3.34. The van der Waals surface area contributed by atoms with Crippen molar-refractivity contribution in [2.75, 3.05) is 26.3 Å². The second-order valence-electron chi connectivity index (χ2n) is 5.46. The Hall–Kier alpha value is -0.930. The molecular formula is C15H22ClNO2. The number of benzene rings is 1. The molecule has 19 heavy (non-hydrogen) atoms. The highest BCUT2D eigenvalue weighted by molar-refractivity contribution is 6.31. The topological polar surface area (TPSA) is 30.5 Å². The number of rotatable bonds is 5. The quantitative estimate of drug-likeness (QED) is 0.840. The predicted octanol–water partition coefficient (Wildman–Crippen LogP) is 3.39.